The van der Waals surface area contributed by atoms with Crippen molar-refractivity contribution in [2.75, 3.05) is 50.2 Å². The topological polar surface area (TPSA) is 97.8 Å². The summed E-state index contributed by atoms with van der Waals surface area (Å²) in [6, 6.07) is 8.83. The fourth-order valence-corrected chi connectivity index (χ4v) is 7.89. The summed E-state index contributed by atoms with van der Waals surface area (Å²) >= 11 is 6.51. The summed E-state index contributed by atoms with van der Waals surface area (Å²) in [5.41, 5.74) is 0.0583. The summed E-state index contributed by atoms with van der Waals surface area (Å²) in [5, 5.41) is 3.83. The number of nitrogens with one attached hydrogen (secondary N) is 1. The zero-order valence-electron chi connectivity index (χ0n) is 26.7. The van der Waals surface area contributed by atoms with Gasteiger partial charge in [0.05, 0.1) is 41.2 Å². The standard InChI is InChI=1S/C34H35ClF3N7O3/c1-3-25-39-15-24(29(41-25)40-14-20-5-7-21(46-2)8-6-20)45-11-12-47-28-22(35)13-23(36)27-26(28)30(45)43-31(42-27)48-19-33-9-4-10-44(33)18-32(16-33)17-34(32,37)38/h5-8,13,15H,3-4,9-12,14,16-19H2,1-2H3,(H,39,40,41)/t32-,33+/m1/s1. The Labute approximate surface area is 280 Å². The molecule has 1 aliphatic carbocycles. The lowest BCUT2D eigenvalue weighted by atomic mass is 9.89. The van der Waals surface area contributed by atoms with Crippen molar-refractivity contribution in [2.45, 2.75) is 57.0 Å². The lowest BCUT2D eigenvalue weighted by Crippen LogP contribution is -2.43. The zero-order valence-corrected chi connectivity index (χ0v) is 27.4. The molecule has 0 unspecified atom stereocenters. The zero-order chi connectivity index (χ0) is 33.3. The van der Waals surface area contributed by atoms with Crippen molar-refractivity contribution in [1.29, 1.82) is 0 Å². The quantitative estimate of drug-likeness (QED) is 0.209. The second-order valence-corrected chi connectivity index (χ2v) is 13.6. The second-order valence-electron chi connectivity index (χ2n) is 13.2. The molecule has 1 N–H and O–H groups in total. The number of alkyl halides is 2. The highest BCUT2D eigenvalue weighted by Crippen LogP contribution is 2.69. The number of halogens is 4. The Morgan fingerprint density at radius 3 is 2.67 bits per heavy atom. The third kappa shape index (κ3) is 5.13. The van der Waals surface area contributed by atoms with Crippen molar-refractivity contribution in [2.24, 2.45) is 5.41 Å². The molecule has 2 atom stereocenters. The Bertz CT molecular complexity index is 1900. The van der Waals surface area contributed by atoms with E-state index in [1.54, 1.807) is 13.3 Å². The molecule has 1 spiro atoms. The van der Waals surface area contributed by atoms with Crippen molar-refractivity contribution < 1.29 is 27.4 Å². The summed E-state index contributed by atoms with van der Waals surface area (Å²) in [6.45, 7) is 4.17. The Kier molecular flexibility index (Phi) is 7.48. The molecule has 252 valence electrons. The molecule has 0 radical (unpaired) electrons. The first kappa shape index (κ1) is 31.2. The molecule has 4 aliphatic rings. The number of rotatable bonds is 9. The van der Waals surface area contributed by atoms with Gasteiger partial charge in [0.15, 0.2) is 23.2 Å². The lowest BCUT2D eigenvalue weighted by Gasteiger charge is -2.31. The van der Waals surface area contributed by atoms with E-state index in [1.165, 1.54) is 6.07 Å². The monoisotopic (exact) mass is 681 g/mol. The van der Waals surface area contributed by atoms with Crippen LogP contribution in [-0.2, 0) is 13.0 Å². The molecule has 2 aromatic heterocycles. The highest BCUT2D eigenvalue weighted by atomic mass is 35.5. The van der Waals surface area contributed by atoms with Crippen molar-refractivity contribution in [3.8, 4) is 17.5 Å². The van der Waals surface area contributed by atoms with Gasteiger partial charge >= 0.3 is 6.01 Å². The molecule has 0 bridgehead atoms. The first-order valence-corrected chi connectivity index (χ1v) is 16.6. The second kappa shape index (κ2) is 11.5. The number of hydrogen-bond donors (Lipinski definition) is 1. The minimum absolute atomic E-state index is 0.0162. The number of benzene rings is 2. The van der Waals surface area contributed by atoms with E-state index < -0.39 is 22.7 Å². The number of aromatic nitrogens is 4. The lowest BCUT2D eigenvalue weighted by molar-refractivity contribution is 0.0647. The van der Waals surface area contributed by atoms with Gasteiger partial charge in [0.2, 0.25) is 0 Å². The summed E-state index contributed by atoms with van der Waals surface area (Å²) in [4.78, 5) is 22.7. The Hall–Kier alpha value is -4.10. The molecule has 2 aromatic carbocycles. The fourth-order valence-electron chi connectivity index (χ4n) is 7.64. The third-order valence-electron chi connectivity index (χ3n) is 10.2. The molecule has 48 heavy (non-hydrogen) atoms. The summed E-state index contributed by atoms with van der Waals surface area (Å²) < 4.78 is 62.2. The largest absolute Gasteiger partial charge is 0.497 e. The predicted molar refractivity (Wildman–Crippen MR) is 174 cm³/mol. The molecule has 10 nitrogen and oxygen atoms in total. The van der Waals surface area contributed by atoms with Crippen LogP contribution in [0, 0.1) is 11.2 Å². The molecule has 8 rings (SSSR count). The first-order chi connectivity index (χ1) is 23.1. The summed E-state index contributed by atoms with van der Waals surface area (Å²) in [7, 11) is 1.62. The van der Waals surface area contributed by atoms with Gasteiger partial charge in [0, 0.05) is 25.9 Å². The molecule has 4 aromatic rings. The van der Waals surface area contributed by atoms with Crippen molar-refractivity contribution in [3.05, 3.63) is 58.8 Å². The van der Waals surface area contributed by atoms with Gasteiger partial charge in [-0.1, -0.05) is 30.7 Å². The first-order valence-electron chi connectivity index (χ1n) is 16.2. The molecule has 14 heteroatoms. The maximum Gasteiger partial charge on any atom is 0.319 e. The van der Waals surface area contributed by atoms with Crippen LogP contribution < -0.4 is 24.4 Å². The van der Waals surface area contributed by atoms with Gasteiger partial charge < -0.3 is 24.4 Å². The van der Waals surface area contributed by atoms with Crippen LogP contribution >= 0.6 is 11.6 Å². The van der Waals surface area contributed by atoms with Gasteiger partial charge in [-0.05, 0) is 49.6 Å². The van der Waals surface area contributed by atoms with E-state index in [1.807, 2.05) is 36.1 Å². The van der Waals surface area contributed by atoms with Gasteiger partial charge in [-0.25, -0.2) is 23.1 Å². The summed E-state index contributed by atoms with van der Waals surface area (Å²) in [5.74, 6) is -0.768. The highest BCUT2D eigenvalue weighted by Gasteiger charge is 2.77. The van der Waals surface area contributed by atoms with Crippen molar-refractivity contribution >= 4 is 39.8 Å². The van der Waals surface area contributed by atoms with Crippen LogP contribution in [-0.4, -0.2) is 76.3 Å². The van der Waals surface area contributed by atoms with E-state index in [2.05, 4.69) is 20.2 Å². The molecular formula is C34H35ClF3N7O3. The Morgan fingerprint density at radius 2 is 1.92 bits per heavy atom. The van der Waals surface area contributed by atoms with Crippen molar-refractivity contribution in [1.82, 2.24) is 24.8 Å². The van der Waals surface area contributed by atoms with E-state index in [0.29, 0.717) is 61.0 Å². The van der Waals surface area contributed by atoms with Gasteiger partial charge in [-0.2, -0.15) is 9.97 Å². The minimum Gasteiger partial charge on any atom is -0.497 e. The highest BCUT2D eigenvalue weighted by molar-refractivity contribution is 6.33. The number of fused-ring (bicyclic) bond motifs is 1. The third-order valence-corrected chi connectivity index (χ3v) is 10.5. The number of ether oxygens (including phenoxy) is 3. The molecular weight excluding hydrogens is 647 g/mol. The van der Waals surface area contributed by atoms with Crippen LogP contribution in [0.4, 0.5) is 30.5 Å². The number of nitrogens with zero attached hydrogens (tertiary/aromatic N) is 6. The average Bonchev–Trinajstić information content (AvgIpc) is 3.28. The maximum absolute atomic E-state index is 15.7. The number of hydrogen-bond acceptors (Lipinski definition) is 10. The van der Waals surface area contributed by atoms with Gasteiger partial charge in [-0.3, -0.25) is 4.90 Å². The SMILES string of the molecule is CCc1ncc(N2CCOc3c(Cl)cc(F)c4nc(OC[C@@]56CCCN5C[C@]5(CC5(F)F)C6)nc2c34)c(NCc2ccc(OC)cc2)n1. The molecule has 1 saturated carbocycles. The van der Waals surface area contributed by atoms with E-state index in [4.69, 9.17) is 35.8 Å². The van der Waals surface area contributed by atoms with Crippen LogP contribution in [0.2, 0.25) is 5.02 Å². The number of aryl methyl sites for hydroxylation is 1. The van der Waals surface area contributed by atoms with Crippen LogP contribution in [0.5, 0.6) is 17.5 Å². The number of anilines is 3. The molecule has 0 amide bonds. The van der Waals surface area contributed by atoms with Crippen LogP contribution in [0.15, 0.2) is 36.5 Å². The molecule has 3 aliphatic heterocycles. The van der Waals surface area contributed by atoms with Gasteiger partial charge in [-0.15, -0.1) is 0 Å². The van der Waals surface area contributed by atoms with E-state index in [9.17, 15) is 8.78 Å². The fraction of sp³-hybridized carbons (Fsp3) is 0.471. The van der Waals surface area contributed by atoms with Gasteiger partial charge in [0.25, 0.3) is 5.92 Å². The molecule has 3 fully saturated rings. The average molecular weight is 682 g/mol. The van der Waals surface area contributed by atoms with Crippen LogP contribution in [0.1, 0.15) is 44.0 Å². The summed E-state index contributed by atoms with van der Waals surface area (Å²) in [6.07, 6.45) is 4.23. The van der Waals surface area contributed by atoms with Crippen LogP contribution in [0.3, 0.4) is 0 Å². The van der Waals surface area contributed by atoms with Crippen molar-refractivity contribution in [3.63, 3.8) is 0 Å². The van der Waals surface area contributed by atoms with E-state index in [0.717, 1.165) is 30.7 Å². The number of methoxy groups -OCH3 is 1. The van der Waals surface area contributed by atoms with Gasteiger partial charge in [0.1, 0.15) is 36.0 Å². The normalized spacial score (nSPS) is 24.0. The van der Waals surface area contributed by atoms with Crippen LogP contribution in [0.25, 0.3) is 10.9 Å². The maximum atomic E-state index is 15.7. The Morgan fingerprint density at radius 1 is 1.10 bits per heavy atom. The van der Waals surface area contributed by atoms with E-state index in [-0.39, 0.29) is 41.9 Å². The molecule has 2 saturated heterocycles. The smallest absolute Gasteiger partial charge is 0.319 e. The molecule has 5 heterocycles. The minimum atomic E-state index is -2.65. The predicted octanol–water partition coefficient (Wildman–Crippen LogP) is 6.57. The Balaban J connectivity index is 1.17. The van der Waals surface area contributed by atoms with E-state index >= 15 is 4.39 Å².